The summed E-state index contributed by atoms with van der Waals surface area (Å²) in [7, 11) is 0. The van der Waals surface area contributed by atoms with Crippen LogP contribution in [-0.4, -0.2) is 5.25 Å². The molecule has 0 amide bonds. The van der Waals surface area contributed by atoms with Crippen molar-refractivity contribution in [3.05, 3.63) is 30.3 Å². The second-order valence-electron chi connectivity index (χ2n) is 5.75. The quantitative estimate of drug-likeness (QED) is 0.293. The molecule has 114 valence electrons. The van der Waals surface area contributed by atoms with E-state index in [1.807, 2.05) is 0 Å². The largest absolute Gasteiger partial charge is 0.123 e. The third kappa shape index (κ3) is 8.68. The summed E-state index contributed by atoms with van der Waals surface area (Å²) in [6.45, 7) is 4.60. The summed E-state index contributed by atoms with van der Waals surface area (Å²) in [6.07, 6.45) is 14.0. The molecule has 0 saturated heterocycles. The van der Waals surface area contributed by atoms with Crippen molar-refractivity contribution < 1.29 is 0 Å². The first kappa shape index (κ1) is 17.6. The van der Waals surface area contributed by atoms with E-state index >= 15 is 0 Å². The molecule has 0 fully saturated rings. The van der Waals surface area contributed by atoms with Gasteiger partial charge in [0.05, 0.1) is 0 Å². The zero-order valence-electron chi connectivity index (χ0n) is 13.4. The van der Waals surface area contributed by atoms with Gasteiger partial charge < -0.3 is 0 Å². The van der Waals surface area contributed by atoms with Crippen LogP contribution in [-0.2, 0) is 0 Å². The number of hydrogen-bond acceptors (Lipinski definition) is 1. The molecule has 0 aromatic heterocycles. The van der Waals surface area contributed by atoms with Crippen molar-refractivity contribution in [2.75, 3.05) is 0 Å². The van der Waals surface area contributed by atoms with E-state index in [1.54, 1.807) is 0 Å². The molecule has 0 saturated carbocycles. The molecular formula is C19H32S. The van der Waals surface area contributed by atoms with Crippen LogP contribution in [0.1, 0.15) is 78.1 Å². The predicted octanol–water partition coefficient (Wildman–Crippen LogP) is 7.09. The van der Waals surface area contributed by atoms with Crippen molar-refractivity contribution in [1.82, 2.24) is 0 Å². The molecule has 0 bridgehead atoms. The third-order valence-electron chi connectivity index (χ3n) is 3.79. The normalized spacial score (nSPS) is 12.5. The molecule has 1 heteroatoms. The Hall–Kier alpha value is -0.430. The molecule has 0 N–H and O–H groups in total. The van der Waals surface area contributed by atoms with E-state index in [2.05, 4.69) is 55.9 Å². The minimum Gasteiger partial charge on any atom is -0.123 e. The van der Waals surface area contributed by atoms with Gasteiger partial charge in [-0.1, -0.05) is 83.4 Å². The summed E-state index contributed by atoms with van der Waals surface area (Å²) in [5, 5.41) is 0.818. The lowest BCUT2D eigenvalue weighted by Crippen LogP contribution is -2.02. The Morgan fingerprint density at radius 1 is 0.750 bits per heavy atom. The first-order chi connectivity index (χ1) is 9.86. The fraction of sp³-hybridized carbons (Fsp3) is 0.684. The fourth-order valence-electron chi connectivity index (χ4n) is 2.60. The van der Waals surface area contributed by atoms with Crippen LogP contribution in [0, 0.1) is 0 Å². The van der Waals surface area contributed by atoms with Crippen molar-refractivity contribution in [2.45, 2.75) is 88.2 Å². The van der Waals surface area contributed by atoms with Gasteiger partial charge in [-0.2, -0.15) is 0 Å². The first-order valence-electron chi connectivity index (χ1n) is 8.58. The van der Waals surface area contributed by atoms with Crippen LogP contribution < -0.4 is 0 Å². The van der Waals surface area contributed by atoms with Crippen LogP contribution in [0.15, 0.2) is 35.2 Å². The average Bonchev–Trinajstić information content (AvgIpc) is 2.47. The van der Waals surface area contributed by atoms with E-state index in [1.165, 1.54) is 69.1 Å². The topological polar surface area (TPSA) is 0 Å². The molecule has 0 aliphatic rings. The molecule has 1 atom stereocenters. The fourth-order valence-corrected chi connectivity index (χ4v) is 3.94. The summed E-state index contributed by atoms with van der Waals surface area (Å²) < 4.78 is 0. The summed E-state index contributed by atoms with van der Waals surface area (Å²) in [4.78, 5) is 1.44. The van der Waals surface area contributed by atoms with Gasteiger partial charge in [-0.3, -0.25) is 0 Å². The third-order valence-corrected chi connectivity index (χ3v) is 5.14. The van der Waals surface area contributed by atoms with Crippen molar-refractivity contribution in [3.8, 4) is 0 Å². The van der Waals surface area contributed by atoms with Gasteiger partial charge in [0.1, 0.15) is 0 Å². The smallest absolute Gasteiger partial charge is 0.00943 e. The number of thioether (sulfide) groups is 1. The maximum atomic E-state index is 2.31. The van der Waals surface area contributed by atoms with Gasteiger partial charge in [0.25, 0.3) is 0 Å². The van der Waals surface area contributed by atoms with E-state index in [0.717, 1.165) is 5.25 Å². The minimum atomic E-state index is 0.818. The van der Waals surface area contributed by atoms with E-state index < -0.39 is 0 Å². The van der Waals surface area contributed by atoms with Gasteiger partial charge in [-0.05, 0) is 25.0 Å². The molecule has 0 heterocycles. The summed E-state index contributed by atoms with van der Waals surface area (Å²) in [5.41, 5.74) is 0. The highest BCUT2D eigenvalue weighted by atomic mass is 32.2. The molecule has 1 rings (SSSR count). The monoisotopic (exact) mass is 292 g/mol. The second-order valence-corrected chi connectivity index (χ2v) is 7.13. The second kappa shape index (κ2) is 12.3. The van der Waals surface area contributed by atoms with Gasteiger partial charge in [0, 0.05) is 10.1 Å². The summed E-state index contributed by atoms with van der Waals surface area (Å²) in [6, 6.07) is 10.9. The molecule has 1 aromatic rings. The highest BCUT2D eigenvalue weighted by Crippen LogP contribution is 2.29. The number of unbranched alkanes of at least 4 members (excludes halogenated alkanes) is 6. The molecule has 0 spiro atoms. The maximum absolute atomic E-state index is 2.31. The molecular weight excluding hydrogens is 260 g/mol. The van der Waals surface area contributed by atoms with Crippen molar-refractivity contribution in [2.24, 2.45) is 0 Å². The molecule has 1 aromatic carbocycles. The number of rotatable bonds is 12. The van der Waals surface area contributed by atoms with E-state index in [0.29, 0.717) is 0 Å². The Labute approximate surface area is 130 Å². The van der Waals surface area contributed by atoms with E-state index in [-0.39, 0.29) is 0 Å². The van der Waals surface area contributed by atoms with Gasteiger partial charge in [0.15, 0.2) is 0 Å². The standard InChI is InChI=1S/C19H32S/c1-3-5-6-7-8-9-11-15-18(14-4-2)20-19-16-12-10-13-17-19/h10,12-13,16-18H,3-9,11,14-15H2,1-2H3. The molecule has 0 nitrogen and oxygen atoms in total. The Bertz CT molecular complexity index is 307. The number of hydrogen-bond donors (Lipinski definition) is 0. The van der Waals surface area contributed by atoms with Gasteiger partial charge in [0.2, 0.25) is 0 Å². The maximum Gasteiger partial charge on any atom is 0.00943 e. The summed E-state index contributed by atoms with van der Waals surface area (Å²) in [5.74, 6) is 0. The molecule has 0 aliphatic heterocycles. The number of benzene rings is 1. The molecule has 1 unspecified atom stereocenters. The van der Waals surface area contributed by atoms with Gasteiger partial charge >= 0.3 is 0 Å². The van der Waals surface area contributed by atoms with E-state index in [9.17, 15) is 0 Å². The van der Waals surface area contributed by atoms with Crippen molar-refractivity contribution >= 4 is 11.8 Å². The zero-order valence-corrected chi connectivity index (χ0v) is 14.3. The van der Waals surface area contributed by atoms with Gasteiger partial charge in [-0.15, -0.1) is 11.8 Å². The summed E-state index contributed by atoms with van der Waals surface area (Å²) >= 11 is 2.09. The van der Waals surface area contributed by atoms with Crippen LogP contribution in [0.2, 0.25) is 0 Å². The lowest BCUT2D eigenvalue weighted by molar-refractivity contribution is 0.560. The van der Waals surface area contributed by atoms with E-state index in [4.69, 9.17) is 0 Å². The average molecular weight is 293 g/mol. The van der Waals surface area contributed by atoms with Crippen LogP contribution in [0.25, 0.3) is 0 Å². The lowest BCUT2D eigenvalue weighted by Gasteiger charge is -2.15. The SMILES string of the molecule is CCCCCCCCCC(CCC)Sc1ccccc1. The molecule has 0 aliphatic carbocycles. The Morgan fingerprint density at radius 2 is 1.40 bits per heavy atom. The van der Waals surface area contributed by atoms with Crippen LogP contribution >= 0.6 is 11.8 Å². The molecule has 20 heavy (non-hydrogen) atoms. The Balaban J connectivity index is 2.15. The highest BCUT2D eigenvalue weighted by Gasteiger charge is 2.09. The van der Waals surface area contributed by atoms with Gasteiger partial charge in [-0.25, -0.2) is 0 Å². The van der Waals surface area contributed by atoms with Crippen LogP contribution in [0.3, 0.4) is 0 Å². The Morgan fingerprint density at radius 3 is 2.05 bits per heavy atom. The van der Waals surface area contributed by atoms with Crippen molar-refractivity contribution in [3.63, 3.8) is 0 Å². The Kier molecular flexibility index (Phi) is 10.9. The van der Waals surface area contributed by atoms with Crippen LogP contribution in [0.4, 0.5) is 0 Å². The highest BCUT2D eigenvalue weighted by molar-refractivity contribution is 8.00. The van der Waals surface area contributed by atoms with Crippen LogP contribution in [0.5, 0.6) is 0 Å². The predicted molar refractivity (Wildman–Crippen MR) is 93.6 cm³/mol. The lowest BCUT2D eigenvalue weighted by atomic mass is 10.1. The zero-order chi connectivity index (χ0) is 14.5. The molecule has 0 radical (unpaired) electrons. The minimum absolute atomic E-state index is 0.818. The van der Waals surface area contributed by atoms with Crippen molar-refractivity contribution in [1.29, 1.82) is 0 Å². The first-order valence-corrected chi connectivity index (χ1v) is 9.46.